The minimum Gasteiger partial charge on any atom is -0.330 e. The topological polar surface area (TPSA) is 90.0 Å². The van der Waals surface area contributed by atoms with Gasteiger partial charge >= 0.3 is 0 Å². The van der Waals surface area contributed by atoms with E-state index >= 15 is 0 Å². The number of aryl methyl sites for hydroxylation is 3. The lowest BCUT2D eigenvalue weighted by Gasteiger charge is -2.08. The first kappa shape index (κ1) is 15.5. The fraction of sp³-hybridized carbons (Fsp3) is 0.357. The number of aromatic nitrogens is 2. The van der Waals surface area contributed by atoms with Crippen molar-refractivity contribution < 1.29 is 8.42 Å². The minimum atomic E-state index is -3.62. The first-order valence-electron chi connectivity index (χ1n) is 6.74. The van der Waals surface area contributed by atoms with Crippen LogP contribution in [0.5, 0.6) is 0 Å². The standard InChI is InChI=1S/C14H20N4O2S/c1-11-6-12(2)8-13(7-11)17-21(19,20)14-9-16-18(10-14)5-3-4-15/h6-10,17H,3-5,15H2,1-2H3. The third-order valence-corrected chi connectivity index (χ3v) is 4.32. The van der Waals surface area contributed by atoms with Crippen LogP contribution in [-0.4, -0.2) is 24.7 Å². The van der Waals surface area contributed by atoms with Crippen LogP contribution < -0.4 is 10.5 Å². The van der Waals surface area contributed by atoms with Gasteiger partial charge in [-0.3, -0.25) is 9.40 Å². The summed E-state index contributed by atoms with van der Waals surface area (Å²) >= 11 is 0. The van der Waals surface area contributed by atoms with Crippen molar-refractivity contribution in [2.75, 3.05) is 11.3 Å². The average molecular weight is 308 g/mol. The quantitative estimate of drug-likeness (QED) is 0.849. The van der Waals surface area contributed by atoms with Gasteiger partial charge in [0.05, 0.1) is 6.20 Å². The van der Waals surface area contributed by atoms with Gasteiger partial charge in [-0.1, -0.05) is 6.07 Å². The fourth-order valence-corrected chi connectivity index (χ4v) is 3.10. The van der Waals surface area contributed by atoms with Gasteiger partial charge in [0.1, 0.15) is 4.90 Å². The SMILES string of the molecule is Cc1cc(C)cc(NS(=O)(=O)c2cnn(CCCN)c2)c1. The predicted molar refractivity (Wildman–Crippen MR) is 82.6 cm³/mol. The lowest BCUT2D eigenvalue weighted by Crippen LogP contribution is -2.12. The van der Waals surface area contributed by atoms with E-state index in [1.807, 2.05) is 19.9 Å². The molecular formula is C14H20N4O2S. The summed E-state index contributed by atoms with van der Waals surface area (Å²) in [5.74, 6) is 0. The van der Waals surface area contributed by atoms with Crippen molar-refractivity contribution >= 4 is 15.7 Å². The van der Waals surface area contributed by atoms with E-state index in [-0.39, 0.29) is 4.90 Å². The maximum Gasteiger partial charge on any atom is 0.265 e. The molecule has 0 unspecified atom stereocenters. The van der Waals surface area contributed by atoms with Crippen molar-refractivity contribution in [1.29, 1.82) is 0 Å². The van der Waals surface area contributed by atoms with E-state index < -0.39 is 10.0 Å². The van der Waals surface area contributed by atoms with Crippen LogP contribution in [0.2, 0.25) is 0 Å². The summed E-state index contributed by atoms with van der Waals surface area (Å²) < 4.78 is 28.8. The Kier molecular flexibility index (Phi) is 4.64. The van der Waals surface area contributed by atoms with Crippen LogP contribution in [0.4, 0.5) is 5.69 Å². The maximum atomic E-state index is 12.3. The van der Waals surface area contributed by atoms with Crippen molar-refractivity contribution in [3.05, 3.63) is 41.7 Å². The average Bonchev–Trinajstić information content (AvgIpc) is 2.84. The highest BCUT2D eigenvalue weighted by Crippen LogP contribution is 2.18. The van der Waals surface area contributed by atoms with Gasteiger partial charge in [-0.2, -0.15) is 5.10 Å². The highest BCUT2D eigenvalue weighted by molar-refractivity contribution is 7.92. The zero-order valence-corrected chi connectivity index (χ0v) is 13.0. The molecule has 21 heavy (non-hydrogen) atoms. The van der Waals surface area contributed by atoms with Gasteiger partial charge in [0.25, 0.3) is 10.0 Å². The van der Waals surface area contributed by atoms with Crippen molar-refractivity contribution in [3.63, 3.8) is 0 Å². The minimum absolute atomic E-state index is 0.152. The van der Waals surface area contributed by atoms with Gasteiger partial charge in [0.2, 0.25) is 0 Å². The van der Waals surface area contributed by atoms with E-state index in [2.05, 4.69) is 9.82 Å². The zero-order chi connectivity index (χ0) is 15.5. The summed E-state index contributed by atoms with van der Waals surface area (Å²) in [6.07, 6.45) is 3.62. The van der Waals surface area contributed by atoms with Crippen molar-refractivity contribution in [2.45, 2.75) is 31.7 Å². The molecule has 0 radical (unpaired) electrons. The summed E-state index contributed by atoms with van der Waals surface area (Å²) in [4.78, 5) is 0.152. The number of nitrogens with zero attached hydrogens (tertiary/aromatic N) is 2. The number of hydrogen-bond donors (Lipinski definition) is 2. The summed E-state index contributed by atoms with van der Waals surface area (Å²) in [6.45, 7) is 5.00. The molecule has 0 spiro atoms. The molecule has 1 aromatic heterocycles. The van der Waals surface area contributed by atoms with E-state index in [4.69, 9.17) is 5.73 Å². The summed E-state index contributed by atoms with van der Waals surface area (Å²) in [7, 11) is -3.62. The van der Waals surface area contributed by atoms with Crippen LogP contribution >= 0.6 is 0 Å². The van der Waals surface area contributed by atoms with E-state index in [0.717, 1.165) is 17.5 Å². The number of benzene rings is 1. The van der Waals surface area contributed by atoms with E-state index in [1.54, 1.807) is 16.8 Å². The summed E-state index contributed by atoms with van der Waals surface area (Å²) in [5.41, 5.74) is 8.00. The molecule has 0 fully saturated rings. The highest BCUT2D eigenvalue weighted by Gasteiger charge is 2.16. The van der Waals surface area contributed by atoms with Crippen LogP contribution in [0.15, 0.2) is 35.5 Å². The smallest absolute Gasteiger partial charge is 0.265 e. The number of anilines is 1. The molecule has 2 rings (SSSR count). The molecule has 0 aliphatic rings. The molecule has 0 aliphatic carbocycles. The Morgan fingerprint density at radius 3 is 2.52 bits per heavy atom. The summed E-state index contributed by atoms with van der Waals surface area (Å²) in [6, 6.07) is 5.58. The normalized spacial score (nSPS) is 11.6. The van der Waals surface area contributed by atoms with Gasteiger partial charge in [-0.05, 0) is 50.1 Å². The monoisotopic (exact) mass is 308 g/mol. The molecule has 7 heteroatoms. The Morgan fingerprint density at radius 1 is 1.24 bits per heavy atom. The van der Waals surface area contributed by atoms with Crippen LogP contribution in [0.3, 0.4) is 0 Å². The predicted octanol–water partition coefficient (Wildman–Crippen LogP) is 1.65. The number of sulfonamides is 1. The Bertz CT molecular complexity index is 702. The van der Waals surface area contributed by atoms with Gasteiger partial charge in [0.15, 0.2) is 0 Å². The molecule has 0 saturated heterocycles. The number of rotatable bonds is 6. The molecule has 6 nitrogen and oxygen atoms in total. The zero-order valence-electron chi connectivity index (χ0n) is 12.2. The summed E-state index contributed by atoms with van der Waals surface area (Å²) in [5, 5.41) is 4.04. The molecule has 1 aromatic carbocycles. The van der Waals surface area contributed by atoms with Crippen LogP contribution in [0, 0.1) is 13.8 Å². The molecule has 0 bridgehead atoms. The van der Waals surface area contributed by atoms with Gasteiger partial charge in [-0.25, -0.2) is 8.42 Å². The maximum absolute atomic E-state index is 12.3. The Labute approximate surface area is 125 Å². The van der Waals surface area contributed by atoms with Gasteiger partial charge < -0.3 is 5.73 Å². The molecule has 0 amide bonds. The van der Waals surface area contributed by atoms with Gasteiger partial charge in [0, 0.05) is 18.4 Å². The Morgan fingerprint density at radius 2 is 1.90 bits per heavy atom. The third kappa shape index (κ3) is 4.05. The van der Waals surface area contributed by atoms with Crippen LogP contribution in [-0.2, 0) is 16.6 Å². The molecule has 0 saturated carbocycles. The van der Waals surface area contributed by atoms with Gasteiger partial charge in [-0.15, -0.1) is 0 Å². The molecular weight excluding hydrogens is 288 g/mol. The van der Waals surface area contributed by atoms with E-state index in [0.29, 0.717) is 18.8 Å². The first-order valence-corrected chi connectivity index (χ1v) is 8.23. The lowest BCUT2D eigenvalue weighted by molar-refractivity contribution is 0.582. The third-order valence-electron chi connectivity index (χ3n) is 2.99. The van der Waals surface area contributed by atoms with Crippen molar-refractivity contribution in [3.8, 4) is 0 Å². The fourth-order valence-electron chi connectivity index (χ4n) is 2.11. The van der Waals surface area contributed by atoms with Crippen LogP contribution in [0.25, 0.3) is 0 Å². The number of nitrogens with two attached hydrogens (primary N) is 1. The first-order chi connectivity index (χ1) is 9.90. The molecule has 114 valence electrons. The second-order valence-electron chi connectivity index (χ2n) is 5.06. The van der Waals surface area contributed by atoms with E-state index in [1.165, 1.54) is 12.4 Å². The van der Waals surface area contributed by atoms with Crippen molar-refractivity contribution in [2.24, 2.45) is 5.73 Å². The largest absolute Gasteiger partial charge is 0.330 e. The molecule has 0 atom stereocenters. The second-order valence-corrected chi connectivity index (χ2v) is 6.75. The second kappa shape index (κ2) is 6.28. The lowest BCUT2D eigenvalue weighted by atomic mass is 10.1. The number of nitrogens with one attached hydrogen (secondary N) is 1. The molecule has 0 aliphatic heterocycles. The van der Waals surface area contributed by atoms with Crippen molar-refractivity contribution in [1.82, 2.24) is 9.78 Å². The highest BCUT2D eigenvalue weighted by atomic mass is 32.2. The molecule has 1 heterocycles. The Balaban J connectivity index is 2.19. The van der Waals surface area contributed by atoms with Crippen LogP contribution in [0.1, 0.15) is 17.5 Å². The molecule has 2 aromatic rings. The van der Waals surface area contributed by atoms with E-state index in [9.17, 15) is 8.42 Å². The molecule has 3 N–H and O–H groups in total. The number of hydrogen-bond acceptors (Lipinski definition) is 4. The Hall–Kier alpha value is -1.86.